The van der Waals surface area contributed by atoms with E-state index in [1.165, 1.54) is 6.07 Å². The van der Waals surface area contributed by atoms with Gasteiger partial charge in [0.25, 0.3) is 5.91 Å². The molecule has 0 bridgehead atoms. The Hall–Kier alpha value is -2.15. The van der Waals surface area contributed by atoms with Gasteiger partial charge >= 0.3 is 5.63 Å². The zero-order valence-corrected chi connectivity index (χ0v) is 11.9. The molecule has 7 heteroatoms. The number of amides is 1. The maximum absolute atomic E-state index is 12.1. The van der Waals surface area contributed by atoms with Crippen LogP contribution >= 0.6 is 0 Å². The molecule has 1 aromatic carbocycles. The van der Waals surface area contributed by atoms with Crippen molar-refractivity contribution in [1.29, 1.82) is 0 Å². The molecule has 2 heterocycles. The highest BCUT2D eigenvalue weighted by Gasteiger charge is 2.29. The lowest BCUT2D eigenvalue weighted by atomic mass is 10.1. The molecule has 6 nitrogen and oxygen atoms in total. The maximum Gasteiger partial charge on any atom is 0.349 e. The first kappa shape index (κ1) is 13.8. The predicted octanol–water partition coefficient (Wildman–Crippen LogP) is 0.710. The van der Waals surface area contributed by atoms with Crippen molar-refractivity contribution in [2.45, 2.75) is 12.5 Å². The summed E-state index contributed by atoms with van der Waals surface area (Å²) < 4.78 is 27.8. The molecule has 1 saturated heterocycles. The van der Waals surface area contributed by atoms with Gasteiger partial charge in [-0.3, -0.25) is 4.79 Å². The summed E-state index contributed by atoms with van der Waals surface area (Å²) in [4.78, 5) is 23.9. The van der Waals surface area contributed by atoms with Crippen molar-refractivity contribution in [2.24, 2.45) is 0 Å². The van der Waals surface area contributed by atoms with Gasteiger partial charge in [-0.25, -0.2) is 13.2 Å². The molecule has 1 fully saturated rings. The van der Waals surface area contributed by atoms with Crippen LogP contribution in [0.25, 0.3) is 11.0 Å². The van der Waals surface area contributed by atoms with Gasteiger partial charge in [0, 0.05) is 11.4 Å². The molecule has 0 saturated carbocycles. The molecule has 1 N–H and O–H groups in total. The minimum atomic E-state index is -3.08. The van der Waals surface area contributed by atoms with Crippen LogP contribution in [-0.2, 0) is 9.84 Å². The fourth-order valence-corrected chi connectivity index (χ4v) is 4.07. The van der Waals surface area contributed by atoms with E-state index in [1.807, 2.05) is 0 Å². The van der Waals surface area contributed by atoms with E-state index in [1.54, 1.807) is 24.3 Å². The third-order valence-electron chi connectivity index (χ3n) is 3.45. The Bertz CT molecular complexity index is 868. The average Bonchev–Trinajstić information content (AvgIpc) is 2.77. The summed E-state index contributed by atoms with van der Waals surface area (Å²) in [5, 5.41) is 3.22. The molecule has 1 aliphatic rings. The summed E-state index contributed by atoms with van der Waals surface area (Å²) in [5.41, 5.74) is -0.437. The van der Waals surface area contributed by atoms with Gasteiger partial charge in [-0.1, -0.05) is 18.2 Å². The van der Waals surface area contributed by atoms with Crippen LogP contribution in [-0.4, -0.2) is 31.9 Å². The Morgan fingerprint density at radius 3 is 2.76 bits per heavy atom. The molecular formula is C14H13NO5S. The van der Waals surface area contributed by atoms with Crippen LogP contribution in [0.2, 0.25) is 0 Å². The van der Waals surface area contributed by atoms with Crippen LogP contribution in [0, 0.1) is 0 Å². The molecule has 1 atom stereocenters. The number of nitrogens with one attached hydrogen (secondary N) is 1. The smallest absolute Gasteiger partial charge is 0.349 e. The second-order valence-electron chi connectivity index (χ2n) is 5.06. The van der Waals surface area contributed by atoms with Crippen LogP contribution in [0.15, 0.2) is 39.5 Å². The Morgan fingerprint density at radius 2 is 2.05 bits per heavy atom. The van der Waals surface area contributed by atoms with Crippen LogP contribution < -0.4 is 10.9 Å². The van der Waals surface area contributed by atoms with Gasteiger partial charge in [0.1, 0.15) is 11.1 Å². The lowest BCUT2D eigenvalue weighted by molar-refractivity contribution is 0.0937. The van der Waals surface area contributed by atoms with Gasteiger partial charge in [-0.15, -0.1) is 0 Å². The van der Waals surface area contributed by atoms with E-state index < -0.39 is 27.4 Å². The zero-order chi connectivity index (χ0) is 15.0. The van der Waals surface area contributed by atoms with E-state index >= 15 is 0 Å². The number of rotatable bonds is 2. The molecule has 1 amide bonds. The topological polar surface area (TPSA) is 93.4 Å². The lowest BCUT2D eigenvalue weighted by Crippen LogP contribution is -2.37. The van der Waals surface area contributed by atoms with E-state index in [4.69, 9.17) is 4.42 Å². The van der Waals surface area contributed by atoms with Crippen molar-refractivity contribution in [1.82, 2.24) is 5.32 Å². The third-order valence-corrected chi connectivity index (χ3v) is 5.22. The average molecular weight is 307 g/mol. The number of hydrogen-bond acceptors (Lipinski definition) is 5. The standard InChI is InChI=1S/C14H13NO5S/c16-13(15-10-5-6-21(18,19)8-10)11-7-9-3-1-2-4-12(9)20-14(11)17/h1-4,7,10H,5-6,8H2,(H,15,16). The first-order chi connectivity index (χ1) is 9.94. The van der Waals surface area contributed by atoms with Crippen LogP contribution in [0.5, 0.6) is 0 Å². The summed E-state index contributed by atoms with van der Waals surface area (Å²) in [7, 11) is -3.08. The first-order valence-corrected chi connectivity index (χ1v) is 8.31. The van der Waals surface area contributed by atoms with Crippen molar-refractivity contribution < 1.29 is 17.6 Å². The molecule has 1 aliphatic heterocycles. The summed E-state index contributed by atoms with van der Waals surface area (Å²) in [6.07, 6.45) is 0.368. The fraction of sp³-hybridized carbons (Fsp3) is 0.286. The quantitative estimate of drug-likeness (QED) is 0.825. The van der Waals surface area contributed by atoms with E-state index in [2.05, 4.69) is 5.32 Å². The van der Waals surface area contributed by atoms with Gasteiger partial charge < -0.3 is 9.73 Å². The van der Waals surface area contributed by atoms with E-state index in [0.717, 1.165) is 0 Å². The molecule has 110 valence electrons. The second kappa shape index (κ2) is 5.00. The van der Waals surface area contributed by atoms with Crippen molar-refractivity contribution in [2.75, 3.05) is 11.5 Å². The Balaban J connectivity index is 1.88. The van der Waals surface area contributed by atoms with E-state index in [9.17, 15) is 18.0 Å². The van der Waals surface area contributed by atoms with Crippen LogP contribution in [0.4, 0.5) is 0 Å². The minimum absolute atomic E-state index is 0.0598. The maximum atomic E-state index is 12.1. The third kappa shape index (κ3) is 2.82. The molecule has 3 rings (SSSR count). The van der Waals surface area contributed by atoms with Gasteiger partial charge in [0.2, 0.25) is 0 Å². The van der Waals surface area contributed by atoms with Gasteiger partial charge in [-0.05, 0) is 18.6 Å². The Kier molecular flexibility index (Phi) is 3.29. The van der Waals surface area contributed by atoms with E-state index in [-0.39, 0.29) is 17.1 Å². The highest BCUT2D eigenvalue weighted by molar-refractivity contribution is 7.91. The molecule has 1 aromatic heterocycles. The fourth-order valence-electron chi connectivity index (χ4n) is 2.39. The summed E-state index contributed by atoms with van der Waals surface area (Å²) in [5.74, 6) is -0.626. The number of carbonyl (C=O) groups excluding carboxylic acids is 1. The molecule has 1 unspecified atom stereocenters. The van der Waals surface area contributed by atoms with Crippen LogP contribution in [0.3, 0.4) is 0 Å². The number of benzene rings is 1. The normalized spacial score (nSPS) is 20.5. The minimum Gasteiger partial charge on any atom is -0.422 e. The lowest BCUT2D eigenvalue weighted by Gasteiger charge is -2.10. The number of hydrogen-bond donors (Lipinski definition) is 1. The number of carbonyl (C=O) groups is 1. The van der Waals surface area contributed by atoms with Crippen molar-refractivity contribution in [3.63, 3.8) is 0 Å². The number of fused-ring (bicyclic) bond motifs is 1. The molecule has 0 aliphatic carbocycles. The van der Waals surface area contributed by atoms with Gasteiger partial charge in [-0.2, -0.15) is 0 Å². The van der Waals surface area contributed by atoms with Gasteiger partial charge in [0.15, 0.2) is 9.84 Å². The summed E-state index contributed by atoms with van der Waals surface area (Å²) in [6, 6.07) is 7.88. The van der Waals surface area contributed by atoms with Crippen molar-refractivity contribution in [3.8, 4) is 0 Å². The molecular weight excluding hydrogens is 294 g/mol. The number of para-hydroxylation sites is 1. The highest BCUT2D eigenvalue weighted by Crippen LogP contribution is 2.14. The highest BCUT2D eigenvalue weighted by atomic mass is 32.2. The van der Waals surface area contributed by atoms with Crippen molar-refractivity contribution >= 4 is 26.7 Å². The molecule has 2 aromatic rings. The first-order valence-electron chi connectivity index (χ1n) is 6.49. The largest absolute Gasteiger partial charge is 0.422 e. The SMILES string of the molecule is O=C(NC1CCS(=O)(=O)C1)c1cc2ccccc2oc1=O. The van der Waals surface area contributed by atoms with Crippen molar-refractivity contribution in [3.05, 3.63) is 46.3 Å². The van der Waals surface area contributed by atoms with Crippen LogP contribution in [0.1, 0.15) is 16.8 Å². The summed E-state index contributed by atoms with van der Waals surface area (Å²) >= 11 is 0. The van der Waals surface area contributed by atoms with Gasteiger partial charge in [0.05, 0.1) is 11.5 Å². The Morgan fingerprint density at radius 1 is 1.29 bits per heavy atom. The zero-order valence-electron chi connectivity index (χ0n) is 11.0. The summed E-state index contributed by atoms with van der Waals surface area (Å²) in [6.45, 7) is 0. The molecule has 0 spiro atoms. The predicted molar refractivity (Wildman–Crippen MR) is 77.0 cm³/mol. The molecule has 0 radical (unpaired) electrons. The second-order valence-corrected chi connectivity index (χ2v) is 7.29. The monoisotopic (exact) mass is 307 g/mol. The molecule has 21 heavy (non-hydrogen) atoms. The van der Waals surface area contributed by atoms with E-state index in [0.29, 0.717) is 17.4 Å². The Labute approximate surface area is 120 Å². The number of sulfone groups is 1.